The smallest absolute Gasteiger partial charge is 0.234 e. The van der Waals surface area contributed by atoms with Crippen molar-refractivity contribution in [2.45, 2.75) is 53.9 Å². The summed E-state index contributed by atoms with van der Waals surface area (Å²) in [6, 6.07) is 0. The molecule has 0 aliphatic rings. The van der Waals surface area contributed by atoms with Gasteiger partial charge >= 0.3 is 0 Å². The summed E-state index contributed by atoms with van der Waals surface area (Å²) in [5.74, 6) is 0.00706. The van der Waals surface area contributed by atoms with Crippen molar-refractivity contribution in [3.63, 3.8) is 0 Å². The average molecular weight is 297 g/mol. The largest absolute Gasteiger partial charge is 0.355 e. The van der Waals surface area contributed by atoms with Gasteiger partial charge < -0.3 is 11.1 Å². The molecule has 5 nitrogen and oxygen atoms in total. The fourth-order valence-electron chi connectivity index (χ4n) is 2.63. The highest BCUT2D eigenvalue weighted by molar-refractivity contribution is 5.78. The molecule has 0 radical (unpaired) electrons. The van der Waals surface area contributed by atoms with Gasteiger partial charge in [-0.05, 0) is 36.6 Å². The quantitative estimate of drug-likeness (QED) is 0.479. The van der Waals surface area contributed by atoms with Crippen LogP contribution in [0.2, 0.25) is 0 Å². The van der Waals surface area contributed by atoms with Crippen molar-refractivity contribution in [2.75, 3.05) is 19.6 Å². The molecule has 0 heterocycles. The van der Waals surface area contributed by atoms with Crippen molar-refractivity contribution in [3.8, 4) is 0 Å². The Morgan fingerprint density at radius 1 is 1.38 bits per heavy atom. The minimum atomic E-state index is -0.0875. The van der Waals surface area contributed by atoms with E-state index < -0.39 is 0 Å². The molecule has 0 aliphatic carbocycles. The standard InChI is InChI=1S/C16H31N3O2/c1-6-16(5,9-15(3,4)10-18-12-20)11-19-14(21)13(2)7-8-17/h13H,6-11,17H2,1-5H3,(H,19,21). The van der Waals surface area contributed by atoms with Crippen LogP contribution in [-0.4, -0.2) is 31.6 Å². The molecule has 0 aromatic carbocycles. The summed E-state index contributed by atoms with van der Waals surface area (Å²) in [6.07, 6.45) is 4.14. The van der Waals surface area contributed by atoms with Crippen LogP contribution in [0.3, 0.4) is 0 Å². The molecule has 1 amide bonds. The molecule has 2 atom stereocenters. The van der Waals surface area contributed by atoms with Crippen LogP contribution < -0.4 is 11.1 Å². The zero-order valence-corrected chi connectivity index (χ0v) is 14.2. The van der Waals surface area contributed by atoms with Gasteiger partial charge in [-0.15, -0.1) is 0 Å². The fraction of sp³-hybridized carbons (Fsp3) is 0.875. The van der Waals surface area contributed by atoms with Gasteiger partial charge in [-0.2, -0.15) is 0 Å². The lowest BCUT2D eigenvalue weighted by molar-refractivity contribution is -0.125. The second kappa shape index (κ2) is 8.96. The van der Waals surface area contributed by atoms with Gasteiger partial charge in [0.05, 0.1) is 6.54 Å². The summed E-state index contributed by atoms with van der Waals surface area (Å²) in [5, 5.41) is 3.03. The first-order valence-electron chi connectivity index (χ1n) is 7.71. The van der Waals surface area contributed by atoms with Crippen molar-refractivity contribution < 1.29 is 9.59 Å². The number of nitrogens with one attached hydrogen (secondary N) is 1. The van der Waals surface area contributed by atoms with E-state index in [1.165, 1.54) is 0 Å². The molecule has 0 saturated heterocycles. The van der Waals surface area contributed by atoms with Gasteiger partial charge in [0.1, 0.15) is 0 Å². The molecule has 0 saturated carbocycles. The molecule has 0 bridgehead atoms. The SMILES string of the molecule is CCC(C)(CNC(=O)C(C)CCN)CC(C)(C)CN=C=O. The maximum absolute atomic E-state index is 12.0. The predicted molar refractivity (Wildman–Crippen MR) is 85.6 cm³/mol. The van der Waals surface area contributed by atoms with E-state index in [1.54, 1.807) is 6.08 Å². The third-order valence-electron chi connectivity index (χ3n) is 4.07. The number of rotatable bonds is 10. The highest BCUT2D eigenvalue weighted by atomic mass is 16.1. The summed E-state index contributed by atoms with van der Waals surface area (Å²) in [6.45, 7) is 12.0. The molecule has 0 spiro atoms. The number of hydrogen-bond donors (Lipinski definition) is 2. The van der Waals surface area contributed by atoms with E-state index in [9.17, 15) is 9.59 Å². The van der Waals surface area contributed by atoms with Crippen molar-refractivity contribution in [2.24, 2.45) is 27.5 Å². The minimum Gasteiger partial charge on any atom is -0.355 e. The molecule has 0 aromatic rings. The Hall–Kier alpha value is -1.19. The number of nitrogens with two attached hydrogens (primary N) is 1. The first-order chi connectivity index (χ1) is 9.69. The van der Waals surface area contributed by atoms with Crippen LogP contribution in [0.25, 0.3) is 0 Å². The summed E-state index contributed by atoms with van der Waals surface area (Å²) in [5.41, 5.74) is 5.38. The molecule has 21 heavy (non-hydrogen) atoms. The lowest BCUT2D eigenvalue weighted by Gasteiger charge is -2.36. The Bertz CT molecular complexity index is 376. The number of aliphatic imine (C=N–C) groups is 1. The van der Waals surface area contributed by atoms with Gasteiger partial charge in [-0.25, -0.2) is 9.79 Å². The molecule has 5 heteroatoms. The number of carbonyl (C=O) groups excluding carboxylic acids is 2. The first-order valence-corrected chi connectivity index (χ1v) is 7.71. The molecule has 0 fully saturated rings. The van der Waals surface area contributed by atoms with Gasteiger partial charge in [-0.1, -0.05) is 34.6 Å². The van der Waals surface area contributed by atoms with Crippen molar-refractivity contribution in [3.05, 3.63) is 0 Å². The molecule has 122 valence electrons. The normalized spacial score (nSPS) is 15.7. The highest BCUT2D eigenvalue weighted by Crippen LogP contribution is 2.36. The van der Waals surface area contributed by atoms with E-state index in [4.69, 9.17) is 5.73 Å². The molecule has 0 aliphatic heterocycles. The Morgan fingerprint density at radius 2 is 2.00 bits per heavy atom. The molecule has 0 aromatic heterocycles. The number of nitrogens with zero attached hydrogens (tertiary/aromatic N) is 1. The van der Waals surface area contributed by atoms with E-state index in [2.05, 4.69) is 38.0 Å². The number of carbonyl (C=O) groups is 1. The van der Waals surface area contributed by atoms with E-state index >= 15 is 0 Å². The van der Waals surface area contributed by atoms with Crippen LogP contribution in [0.4, 0.5) is 0 Å². The lowest BCUT2D eigenvalue weighted by atomic mass is 9.72. The first kappa shape index (κ1) is 19.8. The Morgan fingerprint density at radius 3 is 2.48 bits per heavy atom. The summed E-state index contributed by atoms with van der Waals surface area (Å²) >= 11 is 0. The van der Waals surface area contributed by atoms with Gasteiger partial charge in [0.25, 0.3) is 0 Å². The maximum atomic E-state index is 12.0. The van der Waals surface area contributed by atoms with Crippen molar-refractivity contribution in [1.82, 2.24) is 5.32 Å². The third kappa shape index (κ3) is 7.98. The zero-order valence-electron chi connectivity index (χ0n) is 14.2. The van der Waals surface area contributed by atoms with Crippen molar-refractivity contribution >= 4 is 12.0 Å². The Balaban J connectivity index is 4.59. The van der Waals surface area contributed by atoms with E-state index in [1.807, 2.05) is 6.92 Å². The van der Waals surface area contributed by atoms with Gasteiger partial charge in [0, 0.05) is 12.5 Å². The number of hydrogen-bond acceptors (Lipinski definition) is 4. The van der Waals surface area contributed by atoms with Crippen molar-refractivity contribution in [1.29, 1.82) is 0 Å². The fourth-order valence-corrected chi connectivity index (χ4v) is 2.63. The van der Waals surface area contributed by atoms with Gasteiger partial charge in [-0.3, -0.25) is 4.79 Å². The van der Waals surface area contributed by atoms with Crippen LogP contribution in [0, 0.1) is 16.7 Å². The maximum Gasteiger partial charge on any atom is 0.234 e. The summed E-state index contributed by atoms with van der Waals surface area (Å²) in [7, 11) is 0. The topological polar surface area (TPSA) is 84.6 Å². The second-order valence-electron chi connectivity index (χ2n) is 7.11. The van der Waals surface area contributed by atoms with E-state index in [0.29, 0.717) is 26.1 Å². The Labute approximate surface area is 128 Å². The van der Waals surface area contributed by atoms with E-state index in [-0.39, 0.29) is 22.7 Å². The van der Waals surface area contributed by atoms with Crippen LogP contribution in [0.15, 0.2) is 4.99 Å². The molecular formula is C16H31N3O2. The average Bonchev–Trinajstić information content (AvgIpc) is 2.42. The predicted octanol–water partition coefficient (Wildman–Crippen LogP) is 2.26. The molecule has 0 rings (SSSR count). The van der Waals surface area contributed by atoms with E-state index in [0.717, 1.165) is 12.8 Å². The number of isocyanates is 1. The molecule has 2 unspecified atom stereocenters. The second-order valence-corrected chi connectivity index (χ2v) is 7.11. The van der Waals surface area contributed by atoms with Gasteiger partial charge in [0.2, 0.25) is 12.0 Å². The highest BCUT2D eigenvalue weighted by Gasteiger charge is 2.31. The van der Waals surface area contributed by atoms with Crippen LogP contribution in [0.1, 0.15) is 53.9 Å². The monoisotopic (exact) mass is 297 g/mol. The summed E-state index contributed by atoms with van der Waals surface area (Å²) in [4.78, 5) is 26.0. The molecule has 3 N–H and O–H groups in total. The summed E-state index contributed by atoms with van der Waals surface area (Å²) < 4.78 is 0. The number of amides is 1. The Kier molecular flexibility index (Phi) is 8.45. The molecular weight excluding hydrogens is 266 g/mol. The lowest BCUT2D eigenvalue weighted by Crippen LogP contribution is -2.41. The third-order valence-corrected chi connectivity index (χ3v) is 4.07. The van der Waals surface area contributed by atoms with Crippen LogP contribution in [0.5, 0.6) is 0 Å². The zero-order chi connectivity index (χ0) is 16.5. The van der Waals surface area contributed by atoms with Crippen LogP contribution in [-0.2, 0) is 9.59 Å². The minimum absolute atomic E-state index is 0.0139. The van der Waals surface area contributed by atoms with Gasteiger partial charge in [0.15, 0.2) is 0 Å². The van der Waals surface area contributed by atoms with Crippen LogP contribution >= 0.6 is 0 Å².